The van der Waals surface area contributed by atoms with Crippen LogP contribution in [0.5, 0.6) is 0 Å². The molecule has 2 heterocycles. The normalized spacial score (nSPS) is 21.3. The van der Waals surface area contributed by atoms with E-state index < -0.39 is 15.9 Å². The van der Waals surface area contributed by atoms with E-state index in [1.165, 1.54) is 18.2 Å². The molecule has 0 N–H and O–H groups in total. The van der Waals surface area contributed by atoms with Crippen molar-refractivity contribution in [1.82, 2.24) is 9.80 Å². The molecule has 0 bridgehead atoms. The fourth-order valence-electron chi connectivity index (χ4n) is 2.85. The Balaban J connectivity index is 1.85. The first-order valence-electron chi connectivity index (χ1n) is 7.63. The zero-order valence-electron chi connectivity index (χ0n) is 13.2. The number of carbonyl (C=O) groups excluding carboxylic acids is 2. The minimum Gasteiger partial charge on any atom is -0.336 e. The predicted molar refractivity (Wildman–Crippen MR) is 90.7 cm³/mol. The van der Waals surface area contributed by atoms with Gasteiger partial charge in [-0.25, -0.2) is 12.7 Å². The van der Waals surface area contributed by atoms with E-state index in [1.807, 2.05) is 7.05 Å². The van der Waals surface area contributed by atoms with Crippen molar-refractivity contribution in [2.45, 2.75) is 6.42 Å². The molecular weight excluding hydrogens is 354 g/mol. The number of hydrogen-bond acceptors (Lipinski definition) is 5. The molecular formula is C15H18ClN3O4S. The lowest BCUT2D eigenvalue weighted by Gasteiger charge is -2.32. The maximum atomic E-state index is 12.6. The summed E-state index contributed by atoms with van der Waals surface area (Å²) >= 11 is 6.20. The molecule has 9 heteroatoms. The Kier molecular flexibility index (Phi) is 4.54. The largest absolute Gasteiger partial charge is 0.336 e. The summed E-state index contributed by atoms with van der Waals surface area (Å²) in [7, 11) is -1.64. The molecule has 0 aromatic heterocycles. The van der Waals surface area contributed by atoms with E-state index in [2.05, 4.69) is 4.90 Å². The Morgan fingerprint density at radius 1 is 1.17 bits per heavy atom. The summed E-state index contributed by atoms with van der Waals surface area (Å²) in [4.78, 5) is 28.3. The fourth-order valence-corrected chi connectivity index (χ4v) is 4.56. The lowest BCUT2D eigenvalue weighted by Crippen LogP contribution is -2.47. The van der Waals surface area contributed by atoms with Crippen LogP contribution in [0.3, 0.4) is 0 Å². The topological polar surface area (TPSA) is 78.0 Å². The predicted octanol–water partition coefficient (Wildman–Crippen LogP) is 0.794. The van der Waals surface area contributed by atoms with E-state index in [9.17, 15) is 18.0 Å². The first kappa shape index (κ1) is 17.2. The Bertz CT molecular complexity index is 788. The number of piperazine rings is 1. The molecule has 2 fully saturated rings. The van der Waals surface area contributed by atoms with E-state index in [-0.39, 0.29) is 28.8 Å². The van der Waals surface area contributed by atoms with Gasteiger partial charge in [-0.2, -0.15) is 0 Å². The number of sulfonamides is 1. The van der Waals surface area contributed by atoms with Gasteiger partial charge in [-0.3, -0.25) is 9.59 Å². The van der Waals surface area contributed by atoms with Crippen LogP contribution in [0.4, 0.5) is 5.69 Å². The number of carbonyl (C=O) groups is 2. The first-order valence-corrected chi connectivity index (χ1v) is 9.61. The van der Waals surface area contributed by atoms with E-state index in [4.69, 9.17) is 11.6 Å². The molecule has 2 amide bonds. The summed E-state index contributed by atoms with van der Waals surface area (Å²) in [6.45, 7) is 2.82. The number of amides is 2. The summed E-state index contributed by atoms with van der Waals surface area (Å²) in [6, 6.07) is 4.31. The highest BCUT2D eigenvalue weighted by atomic mass is 35.5. The molecule has 0 spiro atoms. The smallest absolute Gasteiger partial charge is 0.255 e. The van der Waals surface area contributed by atoms with Gasteiger partial charge < -0.3 is 9.80 Å². The van der Waals surface area contributed by atoms with Crippen molar-refractivity contribution in [2.24, 2.45) is 0 Å². The molecule has 0 radical (unpaired) electrons. The quantitative estimate of drug-likeness (QED) is 0.768. The van der Waals surface area contributed by atoms with Gasteiger partial charge in [0.2, 0.25) is 15.9 Å². The van der Waals surface area contributed by atoms with E-state index in [1.54, 1.807) is 4.90 Å². The Morgan fingerprint density at radius 3 is 2.38 bits per heavy atom. The van der Waals surface area contributed by atoms with Gasteiger partial charge in [0.05, 0.1) is 22.0 Å². The maximum absolute atomic E-state index is 12.6. The molecule has 1 aromatic rings. The number of likely N-dealkylation sites (N-methyl/N-ethyl adjacent to an activating group) is 1. The van der Waals surface area contributed by atoms with Crippen LogP contribution in [0, 0.1) is 0 Å². The monoisotopic (exact) mass is 371 g/mol. The third-order valence-electron chi connectivity index (χ3n) is 4.29. The average molecular weight is 372 g/mol. The second kappa shape index (κ2) is 6.34. The van der Waals surface area contributed by atoms with Gasteiger partial charge in [0.15, 0.2) is 0 Å². The van der Waals surface area contributed by atoms with Gasteiger partial charge in [0.25, 0.3) is 5.91 Å². The van der Waals surface area contributed by atoms with Gasteiger partial charge in [-0.15, -0.1) is 0 Å². The van der Waals surface area contributed by atoms with E-state index in [0.717, 1.165) is 17.4 Å². The molecule has 2 saturated heterocycles. The zero-order valence-corrected chi connectivity index (χ0v) is 14.8. The lowest BCUT2D eigenvalue weighted by atomic mass is 10.1. The molecule has 2 aliphatic rings. The van der Waals surface area contributed by atoms with Crippen LogP contribution in [-0.2, 0) is 14.8 Å². The van der Waals surface area contributed by atoms with Crippen molar-refractivity contribution >= 4 is 39.1 Å². The number of benzene rings is 1. The molecule has 1 aromatic carbocycles. The first-order chi connectivity index (χ1) is 11.3. The van der Waals surface area contributed by atoms with Crippen molar-refractivity contribution in [1.29, 1.82) is 0 Å². The minimum atomic E-state index is -3.64. The second-order valence-corrected chi connectivity index (χ2v) is 8.33. The lowest BCUT2D eigenvalue weighted by molar-refractivity contribution is -0.116. The molecule has 7 nitrogen and oxygen atoms in total. The maximum Gasteiger partial charge on any atom is 0.255 e. The van der Waals surface area contributed by atoms with Crippen molar-refractivity contribution in [2.75, 3.05) is 43.3 Å². The average Bonchev–Trinajstić information content (AvgIpc) is 2.80. The zero-order chi connectivity index (χ0) is 17.5. The third kappa shape index (κ3) is 3.13. The van der Waals surface area contributed by atoms with Gasteiger partial charge >= 0.3 is 0 Å². The summed E-state index contributed by atoms with van der Waals surface area (Å²) < 4.78 is 24.7. The number of nitrogens with zero attached hydrogens (tertiary/aromatic N) is 3. The van der Waals surface area contributed by atoms with E-state index in [0.29, 0.717) is 18.7 Å². The SMILES string of the molecule is CN1CCN(C(=O)c2ccc(N3C(=O)CCS3(=O)=O)cc2Cl)CC1. The van der Waals surface area contributed by atoms with Crippen LogP contribution < -0.4 is 4.31 Å². The van der Waals surface area contributed by atoms with Crippen LogP contribution in [0.2, 0.25) is 5.02 Å². The Hall–Kier alpha value is -1.64. The van der Waals surface area contributed by atoms with Crippen LogP contribution in [-0.4, -0.2) is 69.0 Å². The molecule has 0 unspecified atom stereocenters. The highest BCUT2D eigenvalue weighted by Crippen LogP contribution is 2.30. The molecule has 0 saturated carbocycles. The highest BCUT2D eigenvalue weighted by Gasteiger charge is 2.36. The molecule has 3 rings (SSSR count). The third-order valence-corrected chi connectivity index (χ3v) is 6.29. The highest BCUT2D eigenvalue weighted by molar-refractivity contribution is 7.94. The van der Waals surface area contributed by atoms with Crippen molar-refractivity contribution < 1.29 is 18.0 Å². The van der Waals surface area contributed by atoms with Crippen LogP contribution in [0.25, 0.3) is 0 Å². The number of rotatable bonds is 2. The van der Waals surface area contributed by atoms with E-state index >= 15 is 0 Å². The Labute approximate surface area is 145 Å². The molecule has 0 aliphatic carbocycles. The summed E-state index contributed by atoms with van der Waals surface area (Å²) in [6.07, 6.45) is -0.0398. The van der Waals surface area contributed by atoms with Gasteiger partial charge in [-0.1, -0.05) is 11.6 Å². The minimum absolute atomic E-state index is 0.0398. The Morgan fingerprint density at radius 2 is 1.83 bits per heavy atom. The number of halogens is 1. The summed E-state index contributed by atoms with van der Waals surface area (Å²) in [5, 5.41) is 0.145. The van der Waals surface area contributed by atoms with Crippen LogP contribution >= 0.6 is 11.6 Å². The molecule has 0 atom stereocenters. The van der Waals surface area contributed by atoms with Crippen LogP contribution in [0.15, 0.2) is 18.2 Å². The number of hydrogen-bond donors (Lipinski definition) is 0. The molecule has 130 valence electrons. The molecule has 2 aliphatic heterocycles. The fraction of sp³-hybridized carbons (Fsp3) is 0.467. The standard InChI is InChI=1S/C15H18ClN3O4S/c1-17-5-7-18(8-6-17)15(21)12-3-2-11(10-13(12)16)19-14(20)4-9-24(19,22)23/h2-3,10H,4-9H2,1H3. The van der Waals surface area contributed by atoms with Crippen LogP contribution in [0.1, 0.15) is 16.8 Å². The van der Waals surface area contributed by atoms with Gasteiger partial charge in [-0.05, 0) is 25.2 Å². The second-order valence-electron chi connectivity index (χ2n) is 5.98. The van der Waals surface area contributed by atoms with Gasteiger partial charge in [0.1, 0.15) is 0 Å². The van der Waals surface area contributed by atoms with Crippen molar-refractivity contribution in [3.8, 4) is 0 Å². The van der Waals surface area contributed by atoms with Gasteiger partial charge in [0, 0.05) is 32.6 Å². The van der Waals surface area contributed by atoms with Crippen molar-refractivity contribution in [3.63, 3.8) is 0 Å². The summed E-state index contributed by atoms with van der Waals surface area (Å²) in [5.74, 6) is -0.870. The summed E-state index contributed by atoms with van der Waals surface area (Å²) in [5.41, 5.74) is 0.492. The molecule has 24 heavy (non-hydrogen) atoms. The number of anilines is 1. The van der Waals surface area contributed by atoms with Crippen molar-refractivity contribution in [3.05, 3.63) is 28.8 Å².